The number of carbonyl (C=O) groups is 1. The predicted octanol–water partition coefficient (Wildman–Crippen LogP) is 4.18. The minimum atomic E-state index is -0.513. The maximum Gasteiger partial charge on any atom is 0.412 e. The third-order valence-corrected chi connectivity index (χ3v) is 3.44. The van der Waals surface area contributed by atoms with Crippen molar-refractivity contribution < 1.29 is 9.53 Å². The zero-order valence-electron chi connectivity index (χ0n) is 11.2. The molecule has 0 aromatic heterocycles. The molecule has 0 atom stereocenters. The van der Waals surface area contributed by atoms with Crippen LogP contribution in [0.2, 0.25) is 5.02 Å². The Morgan fingerprint density at radius 3 is 2.67 bits per heavy atom. The molecule has 2 aromatic carbocycles. The molecule has 0 saturated heterocycles. The number of hydrogen-bond donors (Lipinski definition) is 1. The van der Waals surface area contributed by atoms with E-state index in [0.29, 0.717) is 10.8 Å². The monoisotopic (exact) mass is 320 g/mol. The lowest BCUT2D eigenvalue weighted by atomic mass is 10.2. The molecule has 0 bridgehead atoms. The standard InChI is InChI=1S/C15H13ClN2O2S/c1-17-15(19)20-14-5-3-2-4-11(14)10-18-21-13-8-6-12(16)7-9-13/h2-10H,1H3,(H,17,19)/b18-10-. The van der Waals surface area contributed by atoms with Crippen molar-refractivity contribution in [2.45, 2.75) is 4.90 Å². The van der Waals surface area contributed by atoms with Crippen molar-refractivity contribution in [2.75, 3.05) is 7.05 Å². The minimum Gasteiger partial charge on any atom is -0.410 e. The van der Waals surface area contributed by atoms with Crippen LogP contribution < -0.4 is 10.1 Å². The maximum absolute atomic E-state index is 11.3. The molecule has 0 spiro atoms. The molecule has 1 amide bonds. The molecule has 0 unspecified atom stereocenters. The lowest BCUT2D eigenvalue weighted by Crippen LogP contribution is -2.22. The normalized spacial score (nSPS) is 10.6. The summed E-state index contributed by atoms with van der Waals surface area (Å²) in [4.78, 5) is 12.2. The van der Waals surface area contributed by atoms with Gasteiger partial charge >= 0.3 is 6.09 Å². The minimum absolute atomic E-state index is 0.456. The molecule has 0 saturated carbocycles. The second kappa shape index (κ2) is 7.71. The van der Waals surface area contributed by atoms with Crippen molar-refractivity contribution >= 4 is 35.9 Å². The fourth-order valence-electron chi connectivity index (χ4n) is 1.47. The first-order valence-corrected chi connectivity index (χ1v) is 7.29. The Morgan fingerprint density at radius 1 is 1.24 bits per heavy atom. The topological polar surface area (TPSA) is 50.7 Å². The molecule has 0 aliphatic rings. The lowest BCUT2D eigenvalue weighted by Gasteiger charge is -2.05. The second-order valence-electron chi connectivity index (χ2n) is 3.96. The first kappa shape index (κ1) is 15.4. The van der Waals surface area contributed by atoms with E-state index in [9.17, 15) is 4.79 Å². The number of para-hydroxylation sites is 1. The van der Waals surface area contributed by atoms with E-state index in [1.165, 1.54) is 19.0 Å². The summed E-state index contributed by atoms with van der Waals surface area (Å²) >= 11 is 7.13. The number of benzene rings is 2. The van der Waals surface area contributed by atoms with E-state index >= 15 is 0 Å². The van der Waals surface area contributed by atoms with Crippen molar-refractivity contribution in [2.24, 2.45) is 4.40 Å². The van der Waals surface area contributed by atoms with Gasteiger partial charge in [-0.1, -0.05) is 23.7 Å². The highest BCUT2D eigenvalue weighted by molar-refractivity contribution is 7.98. The molecule has 0 aliphatic heterocycles. The van der Waals surface area contributed by atoms with Crippen LogP contribution in [0.1, 0.15) is 5.56 Å². The highest BCUT2D eigenvalue weighted by atomic mass is 35.5. The molecule has 0 radical (unpaired) electrons. The van der Waals surface area contributed by atoms with E-state index in [2.05, 4.69) is 9.71 Å². The Hall–Kier alpha value is -1.98. The predicted molar refractivity (Wildman–Crippen MR) is 86.4 cm³/mol. The van der Waals surface area contributed by atoms with Crippen LogP contribution >= 0.6 is 23.5 Å². The number of nitrogens with one attached hydrogen (secondary N) is 1. The highest BCUT2D eigenvalue weighted by Gasteiger charge is 2.05. The fraction of sp³-hybridized carbons (Fsp3) is 0.0667. The molecule has 2 rings (SSSR count). The van der Waals surface area contributed by atoms with Crippen LogP contribution in [0, 0.1) is 0 Å². The van der Waals surface area contributed by atoms with Gasteiger partial charge in [0.25, 0.3) is 0 Å². The van der Waals surface area contributed by atoms with Gasteiger partial charge in [-0.2, -0.15) is 0 Å². The van der Waals surface area contributed by atoms with Gasteiger partial charge in [0.15, 0.2) is 0 Å². The Labute approximate surface area is 132 Å². The van der Waals surface area contributed by atoms with Gasteiger partial charge < -0.3 is 10.1 Å². The maximum atomic E-state index is 11.3. The van der Waals surface area contributed by atoms with Crippen molar-refractivity contribution in [1.82, 2.24) is 5.32 Å². The Bertz CT molecular complexity index is 644. The third kappa shape index (κ3) is 4.81. The average molecular weight is 321 g/mol. The SMILES string of the molecule is CNC(=O)Oc1ccccc1/C=N\Sc1ccc(Cl)cc1. The van der Waals surface area contributed by atoms with Crippen molar-refractivity contribution in [3.8, 4) is 5.75 Å². The molecule has 4 nitrogen and oxygen atoms in total. The van der Waals surface area contributed by atoms with Gasteiger partial charge in [0.2, 0.25) is 0 Å². The van der Waals surface area contributed by atoms with Crippen LogP contribution in [-0.4, -0.2) is 19.4 Å². The largest absolute Gasteiger partial charge is 0.412 e. The van der Waals surface area contributed by atoms with Gasteiger partial charge in [-0.05, 0) is 36.4 Å². The molecule has 21 heavy (non-hydrogen) atoms. The van der Waals surface area contributed by atoms with E-state index in [1.54, 1.807) is 18.3 Å². The number of nitrogens with zero attached hydrogens (tertiary/aromatic N) is 1. The van der Waals surface area contributed by atoms with Gasteiger partial charge in [-0.15, -0.1) is 0 Å². The third-order valence-electron chi connectivity index (χ3n) is 2.49. The molecule has 0 heterocycles. The zero-order valence-corrected chi connectivity index (χ0v) is 12.8. The fourth-order valence-corrected chi connectivity index (χ4v) is 2.14. The Balaban J connectivity index is 2.06. The van der Waals surface area contributed by atoms with Gasteiger partial charge in [-0.25, -0.2) is 9.19 Å². The van der Waals surface area contributed by atoms with Crippen molar-refractivity contribution in [3.05, 3.63) is 59.1 Å². The lowest BCUT2D eigenvalue weighted by molar-refractivity contribution is 0.203. The number of hydrogen-bond acceptors (Lipinski definition) is 4. The van der Waals surface area contributed by atoms with Crippen LogP contribution in [0.3, 0.4) is 0 Å². The van der Waals surface area contributed by atoms with Crippen molar-refractivity contribution in [3.63, 3.8) is 0 Å². The summed E-state index contributed by atoms with van der Waals surface area (Å²) < 4.78 is 9.42. The van der Waals surface area contributed by atoms with Gasteiger partial charge in [0, 0.05) is 40.7 Å². The Kier molecular flexibility index (Phi) is 5.66. The number of carbonyl (C=O) groups excluding carboxylic acids is 1. The summed E-state index contributed by atoms with van der Waals surface area (Å²) in [5.74, 6) is 0.456. The molecule has 0 fully saturated rings. The van der Waals surface area contributed by atoms with Crippen LogP contribution in [0.15, 0.2) is 57.8 Å². The van der Waals surface area contributed by atoms with Gasteiger partial charge in [0.05, 0.1) is 0 Å². The van der Waals surface area contributed by atoms with E-state index < -0.39 is 6.09 Å². The number of rotatable bonds is 4. The number of ether oxygens (including phenoxy) is 1. The molecule has 6 heteroatoms. The molecule has 108 valence electrons. The average Bonchev–Trinajstić information content (AvgIpc) is 2.51. The van der Waals surface area contributed by atoms with E-state index in [0.717, 1.165) is 10.5 Å². The smallest absolute Gasteiger partial charge is 0.410 e. The van der Waals surface area contributed by atoms with E-state index in [1.807, 2.05) is 36.4 Å². The van der Waals surface area contributed by atoms with E-state index in [4.69, 9.17) is 16.3 Å². The summed E-state index contributed by atoms with van der Waals surface area (Å²) in [6.07, 6.45) is 1.14. The van der Waals surface area contributed by atoms with Gasteiger partial charge in [-0.3, -0.25) is 0 Å². The summed E-state index contributed by atoms with van der Waals surface area (Å²) in [5, 5.41) is 3.09. The number of amides is 1. The summed E-state index contributed by atoms with van der Waals surface area (Å²) in [6.45, 7) is 0. The number of halogens is 1. The van der Waals surface area contributed by atoms with Crippen molar-refractivity contribution in [1.29, 1.82) is 0 Å². The van der Waals surface area contributed by atoms with Crippen LogP contribution in [0.25, 0.3) is 0 Å². The summed E-state index contributed by atoms with van der Waals surface area (Å²) in [6, 6.07) is 14.6. The van der Waals surface area contributed by atoms with Crippen LogP contribution in [0.4, 0.5) is 4.79 Å². The van der Waals surface area contributed by atoms with Crippen LogP contribution in [-0.2, 0) is 0 Å². The van der Waals surface area contributed by atoms with Gasteiger partial charge in [0.1, 0.15) is 5.75 Å². The molecular weight excluding hydrogens is 308 g/mol. The Morgan fingerprint density at radius 2 is 1.95 bits per heavy atom. The molecular formula is C15H13ClN2O2S. The summed E-state index contributed by atoms with van der Waals surface area (Å²) in [7, 11) is 1.51. The molecule has 2 aromatic rings. The zero-order chi connectivity index (χ0) is 15.1. The second-order valence-corrected chi connectivity index (χ2v) is 5.26. The van der Waals surface area contributed by atoms with E-state index in [-0.39, 0.29) is 0 Å². The quantitative estimate of drug-likeness (QED) is 0.679. The van der Waals surface area contributed by atoms with Crippen LogP contribution in [0.5, 0.6) is 5.75 Å². The molecule has 1 N–H and O–H groups in total. The molecule has 0 aliphatic carbocycles. The highest BCUT2D eigenvalue weighted by Crippen LogP contribution is 2.22. The summed E-state index contributed by atoms with van der Waals surface area (Å²) in [5.41, 5.74) is 0.725. The first-order valence-electron chi connectivity index (χ1n) is 6.13. The first-order chi connectivity index (χ1) is 10.2.